The lowest BCUT2D eigenvalue weighted by Gasteiger charge is -2.34. The molecule has 0 aromatic heterocycles. The van der Waals surface area contributed by atoms with Crippen LogP contribution in [0.3, 0.4) is 0 Å². The second-order valence-corrected chi connectivity index (χ2v) is 9.89. The van der Waals surface area contributed by atoms with Crippen LogP contribution in [0.5, 0.6) is 0 Å². The van der Waals surface area contributed by atoms with Gasteiger partial charge in [0.2, 0.25) is 10.0 Å². The molecule has 0 radical (unpaired) electrons. The highest BCUT2D eigenvalue weighted by atomic mass is 35.7. The Hall–Kier alpha value is -0.630. The van der Waals surface area contributed by atoms with E-state index in [-0.39, 0.29) is 9.79 Å². The third kappa shape index (κ3) is 4.18. The molecule has 5 nitrogen and oxygen atoms in total. The van der Waals surface area contributed by atoms with Crippen molar-refractivity contribution < 1.29 is 16.8 Å². The Morgan fingerprint density at radius 1 is 1.05 bits per heavy atom. The Bertz CT molecular complexity index is 722. The normalized spacial score (nSPS) is 19.3. The molecule has 8 heteroatoms. The average molecular weight is 352 g/mol. The summed E-state index contributed by atoms with van der Waals surface area (Å²) < 4.78 is 50.2. The number of hydrogen-bond acceptors (Lipinski definition) is 4. The number of halogens is 1. The maximum atomic E-state index is 12.4. The van der Waals surface area contributed by atoms with Gasteiger partial charge in [0.15, 0.2) is 0 Å². The smallest absolute Gasteiger partial charge is 0.207 e. The number of rotatable bonds is 4. The summed E-state index contributed by atoms with van der Waals surface area (Å²) in [6, 6.07) is 5.08. The minimum Gasteiger partial charge on any atom is -0.207 e. The SMILES string of the molecule is CC1(NS(=O)(=O)c2cccc(S(=O)(=O)Cl)c2)CCCCC1. The van der Waals surface area contributed by atoms with Crippen LogP contribution >= 0.6 is 10.7 Å². The molecule has 0 amide bonds. The Morgan fingerprint density at radius 3 is 2.19 bits per heavy atom. The van der Waals surface area contributed by atoms with Crippen LogP contribution in [0.2, 0.25) is 0 Å². The molecule has 0 unspecified atom stereocenters. The van der Waals surface area contributed by atoms with Crippen molar-refractivity contribution in [2.75, 3.05) is 0 Å². The van der Waals surface area contributed by atoms with Crippen molar-refractivity contribution in [1.29, 1.82) is 0 Å². The van der Waals surface area contributed by atoms with Gasteiger partial charge in [-0.25, -0.2) is 21.6 Å². The van der Waals surface area contributed by atoms with Gasteiger partial charge >= 0.3 is 0 Å². The fraction of sp³-hybridized carbons (Fsp3) is 0.538. The summed E-state index contributed by atoms with van der Waals surface area (Å²) in [7, 11) is -2.47. The molecule has 0 aliphatic heterocycles. The summed E-state index contributed by atoms with van der Waals surface area (Å²) in [6.07, 6.45) is 4.63. The number of hydrogen-bond donors (Lipinski definition) is 1. The second-order valence-electron chi connectivity index (χ2n) is 5.64. The molecule has 1 saturated carbocycles. The lowest BCUT2D eigenvalue weighted by Crippen LogP contribution is -2.47. The largest absolute Gasteiger partial charge is 0.261 e. The molecular weight excluding hydrogens is 334 g/mol. The predicted molar refractivity (Wildman–Crippen MR) is 81.3 cm³/mol. The van der Waals surface area contributed by atoms with Crippen molar-refractivity contribution in [1.82, 2.24) is 4.72 Å². The van der Waals surface area contributed by atoms with Crippen molar-refractivity contribution >= 4 is 29.8 Å². The molecular formula is C13H18ClNO4S2. The lowest BCUT2D eigenvalue weighted by atomic mass is 9.84. The molecule has 1 aliphatic carbocycles. The second kappa shape index (κ2) is 5.87. The minimum absolute atomic E-state index is 0.0870. The van der Waals surface area contributed by atoms with Crippen LogP contribution in [0.1, 0.15) is 39.0 Å². The van der Waals surface area contributed by atoms with Gasteiger partial charge in [0.05, 0.1) is 9.79 Å². The van der Waals surface area contributed by atoms with E-state index in [1.807, 2.05) is 6.92 Å². The minimum atomic E-state index is -3.95. The Labute approximate surface area is 130 Å². The molecule has 1 aromatic carbocycles. The molecule has 1 N–H and O–H groups in total. The predicted octanol–water partition coefficient (Wildman–Crippen LogP) is 2.62. The molecule has 21 heavy (non-hydrogen) atoms. The molecule has 1 aliphatic rings. The van der Waals surface area contributed by atoms with E-state index in [0.29, 0.717) is 0 Å². The Balaban J connectivity index is 2.32. The summed E-state index contributed by atoms with van der Waals surface area (Å²) in [5, 5.41) is 0. The first-order valence-electron chi connectivity index (χ1n) is 6.71. The van der Waals surface area contributed by atoms with Gasteiger partial charge in [0.1, 0.15) is 0 Å². The summed E-state index contributed by atoms with van der Waals surface area (Å²) in [5.41, 5.74) is -0.479. The molecule has 0 saturated heterocycles. The summed E-state index contributed by atoms with van der Waals surface area (Å²) in [6.45, 7) is 1.88. The molecule has 1 fully saturated rings. The first kappa shape index (κ1) is 16.7. The molecule has 0 spiro atoms. The van der Waals surface area contributed by atoms with E-state index in [1.54, 1.807) is 0 Å². The highest BCUT2D eigenvalue weighted by Crippen LogP contribution is 2.29. The van der Waals surface area contributed by atoms with E-state index in [1.165, 1.54) is 18.2 Å². The molecule has 0 heterocycles. The Kier molecular flexibility index (Phi) is 4.68. The third-order valence-corrected chi connectivity index (χ3v) is 6.72. The first-order chi connectivity index (χ1) is 9.62. The molecule has 1 aromatic rings. The maximum absolute atomic E-state index is 12.4. The van der Waals surface area contributed by atoms with Crippen LogP contribution in [0, 0.1) is 0 Å². The van der Waals surface area contributed by atoms with E-state index < -0.39 is 24.6 Å². The number of nitrogens with one attached hydrogen (secondary N) is 1. The van der Waals surface area contributed by atoms with Crippen LogP contribution in [0.4, 0.5) is 0 Å². The van der Waals surface area contributed by atoms with Crippen molar-refractivity contribution in [2.45, 2.75) is 54.4 Å². The molecule has 118 valence electrons. The van der Waals surface area contributed by atoms with E-state index in [2.05, 4.69) is 4.72 Å². The van der Waals surface area contributed by atoms with Crippen LogP contribution < -0.4 is 4.72 Å². The monoisotopic (exact) mass is 351 g/mol. The maximum Gasteiger partial charge on any atom is 0.261 e. The van der Waals surface area contributed by atoms with E-state index >= 15 is 0 Å². The molecule has 0 atom stereocenters. The zero-order valence-electron chi connectivity index (χ0n) is 11.7. The highest BCUT2D eigenvalue weighted by molar-refractivity contribution is 8.13. The topological polar surface area (TPSA) is 80.3 Å². The zero-order chi connectivity index (χ0) is 15.7. The fourth-order valence-electron chi connectivity index (χ4n) is 2.61. The van der Waals surface area contributed by atoms with Crippen LogP contribution in [0.15, 0.2) is 34.1 Å². The van der Waals surface area contributed by atoms with Gasteiger partial charge in [0, 0.05) is 16.2 Å². The molecule has 2 rings (SSSR count). The van der Waals surface area contributed by atoms with Crippen molar-refractivity contribution in [3.8, 4) is 0 Å². The fourth-order valence-corrected chi connectivity index (χ4v) is 4.99. The number of benzene rings is 1. The van der Waals surface area contributed by atoms with Crippen molar-refractivity contribution in [3.63, 3.8) is 0 Å². The van der Waals surface area contributed by atoms with Gasteiger partial charge in [-0.2, -0.15) is 0 Å². The molecule has 0 bridgehead atoms. The van der Waals surface area contributed by atoms with Gasteiger partial charge in [-0.1, -0.05) is 25.3 Å². The summed E-state index contributed by atoms with van der Waals surface area (Å²) in [4.78, 5) is -0.308. The van der Waals surface area contributed by atoms with Gasteiger partial charge < -0.3 is 0 Å². The third-order valence-electron chi connectivity index (χ3n) is 3.74. The first-order valence-corrected chi connectivity index (χ1v) is 10.5. The summed E-state index contributed by atoms with van der Waals surface area (Å²) >= 11 is 0. The van der Waals surface area contributed by atoms with Crippen molar-refractivity contribution in [3.05, 3.63) is 24.3 Å². The summed E-state index contributed by atoms with van der Waals surface area (Å²) in [5.74, 6) is 0. The standard InChI is InChI=1S/C13H18ClNO4S2/c1-13(8-3-2-4-9-13)15-21(18,19)12-7-5-6-11(10-12)20(14,16)17/h5-7,10,15H,2-4,8-9H2,1H3. The van der Waals surface area contributed by atoms with Crippen LogP contribution in [0.25, 0.3) is 0 Å². The average Bonchev–Trinajstić information content (AvgIpc) is 2.37. The van der Waals surface area contributed by atoms with Gasteiger partial charge in [-0.05, 0) is 38.0 Å². The van der Waals surface area contributed by atoms with E-state index in [4.69, 9.17) is 10.7 Å². The quantitative estimate of drug-likeness (QED) is 0.845. The van der Waals surface area contributed by atoms with Gasteiger partial charge in [0.25, 0.3) is 9.05 Å². The van der Waals surface area contributed by atoms with E-state index in [9.17, 15) is 16.8 Å². The lowest BCUT2D eigenvalue weighted by molar-refractivity contribution is 0.294. The highest BCUT2D eigenvalue weighted by Gasteiger charge is 2.32. The van der Waals surface area contributed by atoms with Gasteiger partial charge in [-0.3, -0.25) is 0 Å². The van der Waals surface area contributed by atoms with E-state index in [0.717, 1.165) is 38.2 Å². The van der Waals surface area contributed by atoms with Crippen molar-refractivity contribution in [2.24, 2.45) is 0 Å². The van der Waals surface area contributed by atoms with Gasteiger partial charge in [-0.15, -0.1) is 0 Å². The van der Waals surface area contributed by atoms with Crippen LogP contribution in [-0.4, -0.2) is 22.4 Å². The Morgan fingerprint density at radius 2 is 1.62 bits per heavy atom. The van der Waals surface area contributed by atoms with Crippen LogP contribution in [-0.2, 0) is 19.1 Å². The zero-order valence-corrected chi connectivity index (χ0v) is 14.1. The number of sulfonamides is 1.